The van der Waals surface area contributed by atoms with Gasteiger partial charge in [0.15, 0.2) is 0 Å². The smallest absolute Gasteiger partial charge is 0.243 e. The number of nitrogens with zero attached hydrogens (tertiary/aromatic N) is 1. The molecule has 1 fully saturated rings. The Morgan fingerprint density at radius 2 is 2.00 bits per heavy atom. The van der Waals surface area contributed by atoms with E-state index < -0.39 is 5.54 Å². The molecule has 2 atom stereocenters. The highest BCUT2D eigenvalue weighted by Gasteiger charge is 2.63. The Morgan fingerprint density at radius 3 is 2.55 bits per heavy atom. The zero-order chi connectivity index (χ0) is 16.4. The Kier molecular flexibility index (Phi) is 4.93. The molecule has 4 heteroatoms. The quantitative estimate of drug-likeness (QED) is 0.877. The lowest BCUT2D eigenvalue weighted by Crippen LogP contribution is -2.75. The molecule has 122 valence electrons. The second kappa shape index (κ2) is 6.39. The van der Waals surface area contributed by atoms with Crippen LogP contribution in [-0.4, -0.2) is 42.6 Å². The Morgan fingerprint density at radius 1 is 1.36 bits per heavy atom. The van der Waals surface area contributed by atoms with Gasteiger partial charge in [0, 0.05) is 32.0 Å². The van der Waals surface area contributed by atoms with Gasteiger partial charge in [-0.25, -0.2) is 0 Å². The van der Waals surface area contributed by atoms with Crippen LogP contribution in [0.2, 0.25) is 0 Å². The van der Waals surface area contributed by atoms with Gasteiger partial charge in [-0.1, -0.05) is 44.2 Å². The highest BCUT2D eigenvalue weighted by Crippen LogP contribution is 2.50. The summed E-state index contributed by atoms with van der Waals surface area (Å²) >= 11 is 0. The van der Waals surface area contributed by atoms with E-state index in [4.69, 9.17) is 10.5 Å². The van der Waals surface area contributed by atoms with Crippen LogP contribution in [0.4, 0.5) is 0 Å². The molecule has 0 spiro atoms. The number of carbonyl (C=O) groups excluding carboxylic acids is 1. The Balaban J connectivity index is 1.96. The molecule has 1 amide bonds. The monoisotopic (exact) mass is 304 g/mol. The first-order valence-electron chi connectivity index (χ1n) is 8.03. The van der Waals surface area contributed by atoms with Crippen LogP contribution >= 0.6 is 0 Å². The van der Waals surface area contributed by atoms with Crippen LogP contribution in [0, 0.1) is 5.41 Å². The summed E-state index contributed by atoms with van der Waals surface area (Å²) in [5.74, 6) is 0.0179. The molecule has 0 saturated heterocycles. The second-order valence-corrected chi connectivity index (χ2v) is 6.80. The predicted molar refractivity (Wildman–Crippen MR) is 88.5 cm³/mol. The first-order chi connectivity index (χ1) is 10.3. The maximum atomic E-state index is 12.8. The fourth-order valence-electron chi connectivity index (χ4n) is 3.18. The average molecular weight is 304 g/mol. The summed E-state index contributed by atoms with van der Waals surface area (Å²) in [6.07, 6.45) is 1.51. The molecule has 22 heavy (non-hydrogen) atoms. The zero-order valence-electron chi connectivity index (χ0n) is 14.1. The minimum atomic E-state index is -0.821. The molecule has 4 nitrogen and oxygen atoms in total. The molecule has 2 N–H and O–H groups in total. The van der Waals surface area contributed by atoms with E-state index in [1.165, 1.54) is 5.56 Å². The van der Waals surface area contributed by atoms with E-state index in [0.29, 0.717) is 19.6 Å². The molecule has 1 saturated carbocycles. The molecule has 1 aliphatic rings. The highest BCUT2D eigenvalue weighted by atomic mass is 16.5. The van der Waals surface area contributed by atoms with Gasteiger partial charge in [0.25, 0.3) is 0 Å². The lowest BCUT2D eigenvalue weighted by Gasteiger charge is -2.58. The Labute approximate surface area is 133 Å². The molecular weight excluding hydrogens is 276 g/mol. The number of carbonyl (C=O) groups is 1. The summed E-state index contributed by atoms with van der Waals surface area (Å²) < 4.78 is 5.70. The number of likely N-dealkylation sites (N-methyl/N-ethyl adjacent to an activating group) is 1. The minimum absolute atomic E-state index is 0.0179. The molecule has 1 aromatic rings. The molecule has 0 bridgehead atoms. The van der Waals surface area contributed by atoms with Crippen molar-refractivity contribution in [3.63, 3.8) is 0 Å². The fraction of sp³-hybridized carbons (Fsp3) is 0.611. The van der Waals surface area contributed by atoms with Crippen molar-refractivity contribution in [2.24, 2.45) is 11.1 Å². The van der Waals surface area contributed by atoms with Crippen LogP contribution in [0.3, 0.4) is 0 Å². The van der Waals surface area contributed by atoms with Crippen molar-refractivity contribution in [3.8, 4) is 0 Å². The molecule has 1 aromatic carbocycles. The summed E-state index contributed by atoms with van der Waals surface area (Å²) in [5, 5.41) is 0. The van der Waals surface area contributed by atoms with E-state index >= 15 is 0 Å². The predicted octanol–water partition coefficient (Wildman–Crippen LogP) is 2.22. The maximum absolute atomic E-state index is 12.8. The summed E-state index contributed by atoms with van der Waals surface area (Å²) in [6, 6.07) is 10.2. The number of rotatable bonds is 6. The molecular formula is C18H28N2O2. The lowest BCUT2D eigenvalue weighted by atomic mass is 9.54. The van der Waals surface area contributed by atoms with Crippen LogP contribution in [0.1, 0.15) is 32.8 Å². The Bertz CT molecular complexity index is 515. The third kappa shape index (κ3) is 2.90. The van der Waals surface area contributed by atoms with Gasteiger partial charge in [0.05, 0.1) is 6.10 Å². The standard InChI is InChI=1S/C18H28N2O2/c1-5-22-15-13-18(19,17(15,2)3)16(21)20(4)12-11-14-9-7-6-8-10-14/h6-10,15H,5,11-13,19H2,1-4H3. The maximum Gasteiger partial charge on any atom is 0.243 e. The summed E-state index contributed by atoms with van der Waals surface area (Å²) in [7, 11) is 1.84. The number of hydrogen-bond acceptors (Lipinski definition) is 3. The number of benzene rings is 1. The number of ether oxygens (including phenoxy) is 1. The van der Waals surface area contributed by atoms with Gasteiger partial charge in [-0.05, 0) is 18.9 Å². The lowest BCUT2D eigenvalue weighted by molar-refractivity contribution is -0.178. The van der Waals surface area contributed by atoms with Gasteiger partial charge in [-0.3, -0.25) is 4.79 Å². The van der Waals surface area contributed by atoms with E-state index in [0.717, 1.165) is 6.42 Å². The van der Waals surface area contributed by atoms with Crippen molar-refractivity contribution < 1.29 is 9.53 Å². The molecule has 2 rings (SSSR count). The minimum Gasteiger partial charge on any atom is -0.378 e. The topological polar surface area (TPSA) is 55.6 Å². The van der Waals surface area contributed by atoms with E-state index in [1.54, 1.807) is 4.90 Å². The van der Waals surface area contributed by atoms with E-state index in [2.05, 4.69) is 12.1 Å². The van der Waals surface area contributed by atoms with Crippen LogP contribution in [0.15, 0.2) is 30.3 Å². The van der Waals surface area contributed by atoms with Crippen molar-refractivity contribution in [2.45, 2.75) is 45.3 Å². The average Bonchev–Trinajstić information content (AvgIpc) is 2.52. The van der Waals surface area contributed by atoms with Gasteiger partial charge < -0.3 is 15.4 Å². The van der Waals surface area contributed by atoms with Gasteiger partial charge >= 0.3 is 0 Å². The summed E-state index contributed by atoms with van der Waals surface area (Å²) in [4.78, 5) is 14.5. The molecule has 0 radical (unpaired) electrons. The molecule has 1 aliphatic carbocycles. The van der Waals surface area contributed by atoms with Crippen LogP contribution in [-0.2, 0) is 16.0 Å². The SMILES string of the molecule is CCOC1CC(N)(C(=O)N(C)CCc2ccccc2)C1(C)C. The molecule has 0 heterocycles. The van der Waals surface area contributed by atoms with E-state index in [1.807, 2.05) is 46.0 Å². The van der Waals surface area contributed by atoms with Crippen LogP contribution in [0.25, 0.3) is 0 Å². The van der Waals surface area contributed by atoms with Crippen molar-refractivity contribution >= 4 is 5.91 Å². The highest BCUT2D eigenvalue weighted by molar-refractivity contribution is 5.88. The number of hydrogen-bond donors (Lipinski definition) is 1. The summed E-state index contributed by atoms with van der Waals surface area (Å²) in [5.41, 5.74) is 6.52. The molecule has 0 aromatic heterocycles. The number of amides is 1. The van der Waals surface area contributed by atoms with Gasteiger partial charge in [0.1, 0.15) is 5.54 Å². The van der Waals surface area contributed by atoms with Gasteiger partial charge in [-0.15, -0.1) is 0 Å². The molecule has 0 aliphatic heterocycles. The van der Waals surface area contributed by atoms with Crippen LogP contribution in [0.5, 0.6) is 0 Å². The van der Waals surface area contributed by atoms with Gasteiger partial charge in [0.2, 0.25) is 5.91 Å². The fourth-order valence-corrected chi connectivity index (χ4v) is 3.18. The first kappa shape index (κ1) is 17.0. The summed E-state index contributed by atoms with van der Waals surface area (Å²) in [6.45, 7) is 7.36. The Hall–Kier alpha value is -1.39. The van der Waals surface area contributed by atoms with Gasteiger partial charge in [-0.2, -0.15) is 0 Å². The zero-order valence-corrected chi connectivity index (χ0v) is 14.1. The first-order valence-corrected chi connectivity index (χ1v) is 8.03. The van der Waals surface area contributed by atoms with E-state index in [-0.39, 0.29) is 17.4 Å². The normalized spacial score (nSPS) is 26.3. The van der Waals surface area contributed by atoms with Crippen molar-refractivity contribution in [2.75, 3.05) is 20.2 Å². The largest absolute Gasteiger partial charge is 0.378 e. The van der Waals surface area contributed by atoms with Crippen molar-refractivity contribution in [1.82, 2.24) is 4.90 Å². The van der Waals surface area contributed by atoms with Crippen molar-refractivity contribution in [3.05, 3.63) is 35.9 Å². The third-order valence-electron chi connectivity index (χ3n) is 5.14. The number of nitrogens with two attached hydrogens (primary N) is 1. The molecule has 2 unspecified atom stereocenters. The second-order valence-electron chi connectivity index (χ2n) is 6.80. The van der Waals surface area contributed by atoms with Crippen molar-refractivity contribution in [1.29, 1.82) is 0 Å². The third-order valence-corrected chi connectivity index (χ3v) is 5.14. The van der Waals surface area contributed by atoms with E-state index in [9.17, 15) is 4.79 Å². The van der Waals surface area contributed by atoms with Crippen LogP contribution < -0.4 is 5.73 Å².